The Balaban J connectivity index is 1.64. The Hall–Kier alpha value is -2.60. The molecule has 3 nitrogen and oxygen atoms in total. The first kappa shape index (κ1) is 18.2. The van der Waals surface area contributed by atoms with E-state index in [0.717, 1.165) is 24.2 Å². The predicted octanol–water partition coefficient (Wildman–Crippen LogP) is 5.27. The lowest BCUT2D eigenvalue weighted by Crippen LogP contribution is -2.32. The molecule has 0 radical (unpaired) electrons. The zero-order valence-electron chi connectivity index (χ0n) is 15.7. The summed E-state index contributed by atoms with van der Waals surface area (Å²) < 4.78 is 0. The third kappa shape index (κ3) is 4.95. The van der Waals surface area contributed by atoms with Crippen molar-refractivity contribution in [3.63, 3.8) is 0 Å². The van der Waals surface area contributed by atoms with E-state index >= 15 is 0 Å². The summed E-state index contributed by atoms with van der Waals surface area (Å²) in [6.07, 6.45) is 3.88. The molecule has 2 aromatic carbocycles. The summed E-state index contributed by atoms with van der Waals surface area (Å²) in [5.41, 5.74) is 5.19. The fraction of sp³-hybridized carbons (Fsp3) is 0.391. The Morgan fingerprint density at radius 3 is 2.50 bits per heavy atom. The fourth-order valence-corrected chi connectivity index (χ4v) is 3.17. The average molecular weight is 346 g/mol. The number of rotatable bonds is 8. The van der Waals surface area contributed by atoms with E-state index in [1.807, 2.05) is 25.1 Å². The first-order valence-corrected chi connectivity index (χ1v) is 9.35. The Morgan fingerprint density at radius 1 is 1.15 bits per heavy atom. The zero-order chi connectivity index (χ0) is 18.5. The number of benzene rings is 2. The second-order valence-electron chi connectivity index (χ2n) is 7.43. The Kier molecular flexibility index (Phi) is 5.73. The van der Waals surface area contributed by atoms with E-state index in [9.17, 15) is 4.79 Å². The third-order valence-corrected chi connectivity index (χ3v) is 5.02. The normalized spacial score (nSPS) is 13.3. The van der Waals surface area contributed by atoms with Crippen molar-refractivity contribution < 1.29 is 4.79 Å². The van der Waals surface area contributed by atoms with Crippen molar-refractivity contribution in [2.75, 3.05) is 18.0 Å². The van der Waals surface area contributed by atoms with Crippen molar-refractivity contribution in [1.82, 2.24) is 0 Å². The van der Waals surface area contributed by atoms with Crippen molar-refractivity contribution in [3.8, 4) is 0 Å². The van der Waals surface area contributed by atoms with Crippen LogP contribution in [-0.2, 0) is 11.2 Å². The predicted molar refractivity (Wildman–Crippen MR) is 107 cm³/mol. The van der Waals surface area contributed by atoms with E-state index in [2.05, 4.69) is 40.9 Å². The van der Waals surface area contributed by atoms with Crippen LogP contribution in [0.4, 0.5) is 11.4 Å². The minimum absolute atomic E-state index is 0.276. The third-order valence-electron chi connectivity index (χ3n) is 5.02. The molecule has 0 bridgehead atoms. The summed E-state index contributed by atoms with van der Waals surface area (Å²) in [4.78, 5) is 18.3. The van der Waals surface area contributed by atoms with Gasteiger partial charge >= 0.3 is 0 Å². The molecule has 1 aliphatic carbocycles. The number of hydrogen-bond donors (Lipinski definition) is 0. The Morgan fingerprint density at radius 2 is 1.88 bits per heavy atom. The van der Waals surface area contributed by atoms with Gasteiger partial charge in [0.2, 0.25) is 0 Å². The summed E-state index contributed by atoms with van der Waals surface area (Å²) in [7, 11) is 0. The number of anilines is 1. The Bertz CT molecular complexity index is 813. The van der Waals surface area contributed by atoms with E-state index in [0.29, 0.717) is 24.6 Å². The molecule has 0 amide bonds. The van der Waals surface area contributed by atoms with Gasteiger partial charge in [-0.1, -0.05) is 35.9 Å². The molecule has 3 rings (SSSR count). The van der Waals surface area contributed by atoms with Crippen molar-refractivity contribution in [2.45, 2.75) is 39.5 Å². The van der Waals surface area contributed by atoms with Crippen LogP contribution in [0.5, 0.6) is 0 Å². The molecular formula is C23H26N2O. The molecule has 134 valence electrons. The molecule has 0 atom stereocenters. The van der Waals surface area contributed by atoms with Crippen molar-refractivity contribution in [1.29, 1.82) is 0 Å². The van der Waals surface area contributed by atoms with Crippen LogP contribution in [0.3, 0.4) is 0 Å². The molecule has 2 aromatic rings. The lowest BCUT2D eigenvalue weighted by molar-refractivity contribution is -0.117. The molecule has 0 aliphatic heterocycles. The monoisotopic (exact) mass is 346 g/mol. The van der Waals surface area contributed by atoms with E-state index in [1.165, 1.54) is 24.0 Å². The van der Waals surface area contributed by atoms with Gasteiger partial charge < -0.3 is 4.90 Å². The smallest absolute Gasteiger partial charge is 0.190 e. The van der Waals surface area contributed by atoms with Crippen LogP contribution >= 0.6 is 0 Å². The maximum absolute atomic E-state index is 12.6. The highest BCUT2D eigenvalue weighted by molar-refractivity contribution is 5.84. The minimum atomic E-state index is 0.276. The van der Waals surface area contributed by atoms with Crippen LogP contribution in [0.2, 0.25) is 0 Å². The summed E-state index contributed by atoms with van der Waals surface area (Å²) in [6.45, 7) is 12.6. The molecule has 0 saturated heterocycles. The number of ketones is 1. The molecule has 1 fully saturated rings. The van der Waals surface area contributed by atoms with E-state index < -0.39 is 0 Å². The standard InChI is InChI=1S/C23H26N2O/c1-17-4-6-19(7-5-17)10-12-22(26)16-25(15-20-8-9-20)21-11-13-23(24-3)18(2)14-21/h4-7,11,13-14,20H,8-10,12,15-16H2,1-2H3. The molecule has 0 aromatic heterocycles. The maximum atomic E-state index is 12.6. The highest BCUT2D eigenvalue weighted by Gasteiger charge is 2.25. The second-order valence-corrected chi connectivity index (χ2v) is 7.43. The van der Waals surface area contributed by atoms with E-state index in [4.69, 9.17) is 6.57 Å². The van der Waals surface area contributed by atoms with Crippen molar-refractivity contribution in [2.24, 2.45) is 5.92 Å². The molecule has 1 aliphatic rings. The molecule has 0 N–H and O–H groups in total. The van der Waals surface area contributed by atoms with Gasteiger partial charge in [-0.2, -0.15) is 0 Å². The number of carbonyl (C=O) groups is 1. The quantitative estimate of drug-likeness (QED) is 0.608. The van der Waals surface area contributed by atoms with Crippen LogP contribution in [0.15, 0.2) is 42.5 Å². The van der Waals surface area contributed by atoms with E-state index in [-0.39, 0.29) is 5.78 Å². The number of carbonyl (C=O) groups excluding carboxylic acids is 1. The molecule has 0 spiro atoms. The second kappa shape index (κ2) is 8.19. The summed E-state index contributed by atoms with van der Waals surface area (Å²) in [5, 5.41) is 0. The van der Waals surface area contributed by atoms with Gasteiger partial charge in [0.1, 0.15) is 0 Å². The highest BCUT2D eigenvalue weighted by Crippen LogP contribution is 2.32. The minimum Gasteiger partial charge on any atom is -0.364 e. The zero-order valence-corrected chi connectivity index (χ0v) is 15.7. The SMILES string of the molecule is [C-]#[N+]c1ccc(N(CC(=O)CCc2ccc(C)cc2)CC2CC2)cc1C. The average Bonchev–Trinajstić information content (AvgIpc) is 3.45. The van der Waals surface area contributed by atoms with Gasteiger partial charge in [0, 0.05) is 18.7 Å². The van der Waals surface area contributed by atoms with Gasteiger partial charge in [-0.15, -0.1) is 0 Å². The molecule has 0 unspecified atom stereocenters. The molecule has 1 saturated carbocycles. The fourth-order valence-electron chi connectivity index (χ4n) is 3.17. The van der Waals surface area contributed by atoms with Crippen LogP contribution in [0.25, 0.3) is 4.85 Å². The number of Topliss-reactive ketones (excluding diaryl/α,β-unsaturated/α-hetero) is 1. The first-order chi connectivity index (χ1) is 12.5. The summed E-state index contributed by atoms with van der Waals surface area (Å²) >= 11 is 0. The van der Waals surface area contributed by atoms with Crippen LogP contribution in [0, 0.1) is 26.3 Å². The summed E-state index contributed by atoms with van der Waals surface area (Å²) in [5.74, 6) is 0.985. The van der Waals surface area contributed by atoms with Gasteiger partial charge in [-0.05, 0) is 62.3 Å². The number of nitrogens with zero attached hydrogens (tertiary/aromatic N) is 2. The van der Waals surface area contributed by atoms with Crippen LogP contribution in [0.1, 0.15) is 36.0 Å². The van der Waals surface area contributed by atoms with Gasteiger partial charge in [-0.3, -0.25) is 4.79 Å². The topological polar surface area (TPSA) is 24.7 Å². The van der Waals surface area contributed by atoms with Gasteiger partial charge in [-0.25, -0.2) is 4.85 Å². The molecule has 3 heteroatoms. The maximum Gasteiger partial charge on any atom is 0.190 e. The van der Waals surface area contributed by atoms with Crippen molar-refractivity contribution in [3.05, 3.63) is 70.6 Å². The van der Waals surface area contributed by atoms with Crippen molar-refractivity contribution >= 4 is 17.2 Å². The van der Waals surface area contributed by atoms with E-state index in [1.54, 1.807) is 0 Å². The van der Waals surface area contributed by atoms with Crippen LogP contribution < -0.4 is 4.90 Å². The lowest BCUT2D eigenvalue weighted by Gasteiger charge is -2.25. The largest absolute Gasteiger partial charge is 0.364 e. The van der Waals surface area contributed by atoms with Gasteiger partial charge in [0.05, 0.1) is 13.1 Å². The number of aryl methyl sites for hydroxylation is 3. The summed E-state index contributed by atoms with van der Waals surface area (Å²) in [6, 6.07) is 14.3. The highest BCUT2D eigenvalue weighted by atomic mass is 16.1. The van der Waals surface area contributed by atoms with Gasteiger partial charge in [0.25, 0.3) is 0 Å². The van der Waals surface area contributed by atoms with Crippen LogP contribution in [-0.4, -0.2) is 18.9 Å². The van der Waals surface area contributed by atoms with Gasteiger partial charge in [0.15, 0.2) is 11.5 Å². The molecular weight excluding hydrogens is 320 g/mol. The lowest BCUT2D eigenvalue weighted by atomic mass is 10.1. The Labute approximate surface area is 156 Å². The molecule has 0 heterocycles. The first-order valence-electron chi connectivity index (χ1n) is 9.35. The number of hydrogen-bond acceptors (Lipinski definition) is 2. The molecule has 26 heavy (non-hydrogen) atoms.